The summed E-state index contributed by atoms with van der Waals surface area (Å²) in [6, 6.07) is -0.287. The Morgan fingerprint density at radius 3 is 1.30 bits per heavy atom. The molecule has 4 amide bonds. The Morgan fingerprint density at radius 1 is 0.568 bits per heavy atom. The van der Waals surface area contributed by atoms with E-state index < -0.39 is 45.8 Å². The summed E-state index contributed by atoms with van der Waals surface area (Å²) in [5.41, 5.74) is 0. The zero-order valence-corrected chi connectivity index (χ0v) is 87.3. The van der Waals surface area contributed by atoms with Gasteiger partial charge in [-0.3, -0.25) is 57.6 Å². The molecule has 0 spiro atoms. The number of rotatable bonds is 43. The number of likely N-dealkylation sites (N-methyl/N-ethyl adjacent to an activating group) is 5. The predicted molar refractivity (Wildman–Crippen MR) is 512 cm³/mol. The molecule has 0 bridgehead atoms. The molecule has 125 heavy (non-hydrogen) atoms. The molecule has 3 fully saturated rings. The van der Waals surface area contributed by atoms with Gasteiger partial charge in [0, 0.05) is 117 Å². The molecule has 3 aliphatic heterocycles. The second-order valence-electron chi connectivity index (χ2n) is 33.6. The number of amides is 4. The van der Waals surface area contributed by atoms with Crippen molar-refractivity contribution >= 4 is 92.2 Å². The van der Waals surface area contributed by atoms with Gasteiger partial charge in [-0.2, -0.15) is 17.0 Å². The Hall–Kier alpha value is -5.68. The summed E-state index contributed by atoms with van der Waals surface area (Å²) < 4.78 is 35.4. The fraction of sp³-hybridized carbons (Fsp3) is 0.860. The second kappa shape index (κ2) is 87.6. The number of esters is 4. The van der Waals surface area contributed by atoms with E-state index >= 15 is 0 Å². The van der Waals surface area contributed by atoms with Crippen LogP contribution in [0.15, 0.2) is 12.2 Å². The van der Waals surface area contributed by atoms with Gasteiger partial charge in [-0.25, -0.2) is 0 Å². The van der Waals surface area contributed by atoms with Crippen LogP contribution in [0.4, 0.5) is 4.48 Å². The molecule has 0 radical (unpaired) electrons. The minimum Gasteiger partial charge on any atom is -0.481 e. The monoisotopic (exact) mass is 1850 g/mol. The SMILES string of the molecule is CC(C)(C)[Si](C)(C)Cl.CCC.CCC(=O)N(CC)C/C=C/CC(=O)O.CCC(=O)N(CC)CC(O)CCC(=O)O.CCC(=O)N(CC)CC1CCC(=O)O1.CCC(=O)O.CCCCCCCC.CCCCCCCC.CCOC(=O)C1CC(C)CN1CC.CCOC(=O)C1CC(O)CN1.CCOC(=O)CCC(CN(CC)C(=O)CC)O[Si](C)(C)C(C)(C)C.NF. The number of carboxylic acid groups (broad SMARTS) is 3. The number of ether oxygens (including phenoxy) is 4. The van der Waals surface area contributed by atoms with Crippen LogP contribution in [0.3, 0.4) is 0 Å². The number of hydrogen-bond donors (Lipinski definition) is 7. The third-order valence-corrected chi connectivity index (χ3v) is 30.2. The minimum absolute atomic E-state index is 0.0118. The van der Waals surface area contributed by atoms with Crippen molar-refractivity contribution in [3.05, 3.63) is 12.2 Å². The van der Waals surface area contributed by atoms with Gasteiger partial charge in [0.15, 0.2) is 15.7 Å². The number of likely N-dealkylation sites (tertiary alicyclic amines) is 1. The van der Waals surface area contributed by atoms with Crippen LogP contribution in [0.25, 0.3) is 0 Å². The van der Waals surface area contributed by atoms with Gasteiger partial charge in [0.2, 0.25) is 23.6 Å². The molecule has 0 saturated carbocycles. The average molecular weight is 1850 g/mol. The number of carboxylic acids is 3. The van der Waals surface area contributed by atoms with Crippen molar-refractivity contribution in [2.45, 2.75) is 426 Å². The largest absolute Gasteiger partial charge is 0.481 e. The molecule has 0 aromatic carbocycles. The standard InChI is InChI=1S/C18H37NO4Si.C10H19NO4.2C10H17NO3.C10H19NO2.2C8H18.C7H13NO3.C6H15ClSi.C3H6O2.C3H8.FH2N/c1-9-16(20)19(10-2)14-15(12-13-17(21)22-11-3)23-24(7,8)18(4,5)6;1-3-9(13)11(4-2)7-8(12)5-6-10(14)15;1-3-9(12)11(4-2)7-8-5-6-10(13)14-8;1-3-9(12)11(4-2)8-6-5-7-10(13)14;1-4-11-7-8(3)6-9(11)10(12)13-5-2;2*1-3-5-7-8-6-4-2;1-2-11-7(10)6-3-5(9)4-8-6;1-6(2,3)8(4,5)7;1-2-3(4)5;1-3-2;1-2/h15H,9-14H2,1-8H3;8,12H,3-7H2,1-2H3,(H,14,15);8H,3-7H2,1-2H3;5-6H,3-4,7-8H2,1-2H3,(H,13,14);8-9H,4-7H2,1-3H3;2*3-8H2,1-2H3;5-6,8-9H,2-4H2,1H3;1-5H3;2H2,1H3,(H,4,5);3H2,1-2H3;2H2/b;;;6-5+;;;;;;;;. The molecule has 3 aliphatic rings. The molecule has 32 heteroatoms. The van der Waals surface area contributed by atoms with Crippen LogP contribution >= 0.6 is 11.1 Å². The highest BCUT2D eigenvalue weighted by Crippen LogP contribution is 2.39. The minimum atomic E-state index is -1.97. The molecule has 744 valence electrons. The van der Waals surface area contributed by atoms with Crippen LogP contribution in [-0.4, -0.2) is 259 Å². The number of nitrogens with zero attached hydrogens (tertiary/aromatic N) is 5. The molecule has 3 rings (SSSR count). The normalized spacial score (nSPS) is 15.9. The maximum atomic E-state index is 12.1. The van der Waals surface area contributed by atoms with Crippen LogP contribution in [0, 0.1) is 5.92 Å². The number of carbonyl (C=O) groups excluding carboxylic acids is 8. The summed E-state index contributed by atoms with van der Waals surface area (Å²) in [4.78, 5) is 130. The maximum Gasteiger partial charge on any atom is 0.323 e. The molecule has 28 nitrogen and oxygen atoms in total. The number of unbranched alkanes of at least 4 members (excludes halogenated alkanes) is 10. The molecule has 3 saturated heterocycles. The fourth-order valence-electron chi connectivity index (χ4n) is 10.9. The molecular formula is C93H189ClFN7O21Si2. The number of nitrogens with two attached hydrogens (primary N) is 1. The van der Waals surface area contributed by atoms with Gasteiger partial charge in [-0.1, -0.05) is 240 Å². The van der Waals surface area contributed by atoms with Gasteiger partial charge in [0.05, 0.1) is 51.1 Å². The highest BCUT2D eigenvalue weighted by molar-refractivity contribution is 7.20. The molecule has 0 aromatic heterocycles. The number of nitrogens with one attached hydrogen (secondary N) is 1. The van der Waals surface area contributed by atoms with Crippen molar-refractivity contribution < 1.29 is 106 Å². The highest BCUT2D eigenvalue weighted by atomic mass is 35.6. The highest BCUT2D eigenvalue weighted by Gasteiger charge is 2.40. The van der Waals surface area contributed by atoms with Crippen molar-refractivity contribution in [2.75, 3.05) is 91.8 Å². The van der Waals surface area contributed by atoms with Gasteiger partial charge in [-0.05, 0) is 110 Å². The number of hydrogen-bond acceptors (Lipinski definition) is 21. The van der Waals surface area contributed by atoms with E-state index in [1.165, 1.54) is 88.4 Å². The maximum absolute atomic E-state index is 12.1. The van der Waals surface area contributed by atoms with E-state index in [1.807, 2.05) is 60.3 Å². The number of aliphatic hydroxyl groups is 2. The molecular weight excluding hydrogens is 1660 g/mol. The first kappa shape index (κ1) is 137. The van der Waals surface area contributed by atoms with Gasteiger partial charge >= 0.3 is 41.8 Å². The Bertz CT molecular complexity index is 2690. The average Bonchev–Trinajstić information content (AvgIpc) is 1.81. The Kier molecular flexibility index (Phi) is 96.2. The molecule has 7 atom stereocenters. The van der Waals surface area contributed by atoms with Crippen LogP contribution in [0.1, 0.15) is 353 Å². The lowest BCUT2D eigenvalue weighted by Gasteiger charge is -2.40. The van der Waals surface area contributed by atoms with Gasteiger partial charge in [0.25, 0.3) is 0 Å². The molecule has 3 heterocycles. The molecule has 0 aliphatic carbocycles. The molecule has 0 aromatic rings. The zero-order chi connectivity index (χ0) is 98.9. The van der Waals surface area contributed by atoms with E-state index in [2.05, 4.69) is 139 Å². The number of β-amino-alcohol motifs (C(OH)–C–C–N with tert-alkyl or cyclic N) is 1. The number of aliphatic hydroxyl groups excluding tert-OH is 2. The van der Waals surface area contributed by atoms with Crippen LogP contribution in [0.5, 0.6) is 0 Å². The summed E-state index contributed by atoms with van der Waals surface area (Å²) in [5.74, 6) is 0.746. The quantitative estimate of drug-likeness (QED) is 0.00567. The topological polar surface area (TPSA) is 389 Å². The van der Waals surface area contributed by atoms with Crippen molar-refractivity contribution in [3.63, 3.8) is 0 Å². The van der Waals surface area contributed by atoms with E-state index in [-0.39, 0.29) is 109 Å². The van der Waals surface area contributed by atoms with Crippen molar-refractivity contribution in [3.8, 4) is 0 Å². The predicted octanol–water partition coefficient (Wildman–Crippen LogP) is 18.9. The van der Waals surface area contributed by atoms with E-state index in [0.717, 1.165) is 25.9 Å². The fourth-order valence-corrected chi connectivity index (χ4v) is 12.2. The lowest BCUT2D eigenvalue weighted by atomic mass is 10.1. The third-order valence-electron chi connectivity index (χ3n) is 20.4. The Labute approximate surface area is 766 Å². The van der Waals surface area contributed by atoms with E-state index in [1.54, 1.807) is 49.6 Å². The van der Waals surface area contributed by atoms with Crippen LogP contribution in [-0.2, 0) is 76.1 Å². The van der Waals surface area contributed by atoms with E-state index in [4.69, 9.17) is 59.4 Å². The van der Waals surface area contributed by atoms with Gasteiger partial charge in [-0.15, -0.1) is 4.48 Å². The molecule has 7 unspecified atom stereocenters. The Balaban J connectivity index is -0.000000174. The molecule has 8 N–H and O–H groups in total. The first-order valence-corrected chi connectivity index (χ1v) is 53.9. The summed E-state index contributed by atoms with van der Waals surface area (Å²) in [7, 11) is -3.36. The first-order valence-electron chi connectivity index (χ1n) is 47.0. The number of carbonyl (C=O) groups is 11. The first-order chi connectivity index (χ1) is 58.5. The van der Waals surface area contributed by atoms with Crippen molar-refractivity contribution in [1.29, 1.82) is 0 Å². The zero-order valence-electron chi connectivity index (χ0n) is 84.5. The Morgan fingerprint density at radius 2 is 0.976 bits per heavy atom. The van der Waals surface area contributed by atoms with Crippen LogP contribution < -0.4 is 11.3 Å². The summed E-state index contributed by atoms with van der Waals surface area (Å²) in [6.07, 6.45) is 25.9. The number of aliphatic carboxylic acids is 3. The van der Waals surface area contributed by atoms with E-state index in [0.29, 0.717) is 135 Å². The number of cyclic esters (lactones) is 1. The lowest BCUT2D eigenvalue weighted by Crippen LogP contribution is -2.48. The van der Waals surface area contributed by atoms with Crippen molar-refractivity contribution in [1.82, 2.24) is 29.8 Å². The lowest BCUT2D eigenvalue weighted by molar-refractivity contribution is -0.148. The smallest absolute Gasteiger partial charge is 0.323 e. The summed E-state index contributed by atoms with van der Waals surface area (Å²) in [6.45, 7) is 69.5. The van der Waals surface area contributed by atoms with Gasteiger partial charge in [0.1, 0.15) is 18.2 Å². The number of halogens is 2. The van der Waals surface area contributed by atoms with Crippen LogP contribution in [0.2, 0.25) is 36.3 Å². The van der Waals surface area contributed by atoms with Gasteiger partial charge < -0.3 is 73.8 Å². The van der Waals surface area contributed by atoms with E-state index in [9.17, 15) is 57.8 Å². The second-order valence-corrected chi connectivity index (χ2v) is 45.6. The summed E-state index contributed by atoms with van der Waals surface area (Å²) in [5, 5.41) is 46.3. The summed E-state index contributed by atoms with van der Waals surface area (Å²) >= 11 is 6.15. The third kappa shape index (κ3) is 82.5. The van der Waals surface area contributed by atoms with Crippen molar-refractivity contribution in [2.24, 2.45) is 11.9 Å².